The van der Waals surface area contributed by atoms with Gasteiger partial charge in [0.25, 0.3) is 0 Å². The SMILES string of the molecule is C=CCn1c(C)cc(C(=O)CSc2n[nH]c(COc3ccc(Cl)c(C)c3)n2)c1C. The van der Waals surface area contributed by atoms with E-state index in [1.807, 2.05) is 45.0 Å². The summed E-state index contributed by atoms with van der Waals surface area (Å²) in [5, 5.41) is 8.22. The molecule has 2 aromatic heterocycles. The Bertz CT molecular complexity index is 1040. The van der Waals surface area contributed by atoms with Crippen LogP contribution < -0.4 is 4.74 Å². The van der Waals surface area contributed by atoms with Gasteiger partial charge in [-0.2, -0.15) is 0 Å². The third kappa shape index (κ3) is 5.10. The fraction of sp³-hybridized carbons (Fsp3) is 0.286. The molecule has 1 N–H and O–H groups in total. The minimum Gasteiger partial charge on any atom is -0.486 e. The number of thioether (sulfide) groups is 1. The van der Waals surface area contributed by atoms with Crippen LogP contribution in [0.5, 0.6) is 5.75 Å². The van der Waals surface area contributed by atoms with Crippen LogP contribution in [0.1, 0.15) is 33.1 Å². The smallest absolute Gasteiger partial charge is 0.208 e. The number of nitrogens with one attached hydrogen (secondary N) is 1. The maximum absolute atomic E-state index is 12.6. The van der Waals surface area contributed by atoms with Gasteiger partial charge >= 0.3 is 0 Å². The summed E-state index contributed by atoms with van der Waals surface area (Å²) in [6.07, 6.45) is 1.83. The Morgan fingerprint density at radius 3 is 2.86 bits per heavy atom. The maximum atomic E-state index is 12.6. The van der Waals surface area contributed by atoms with E-state index in [0.717, 1.165) is 22.5 Å². The molecule has 0 aliphatic heterocycles. The molecular weight excluding hydrogens is 408 g/mol. The topological polar surface area (TPSA) is 72.8 Å². The summed E-state index contributed by atoms with van der Waals surface area (Å²) in [6.45, 7) is 10.6. The Balaban J connectivity index is 1.56. The number of hydrogen-bond acceptors (Lipinski definition) is 5. The van der Waals surface area contributed by atoms with E-state index in [2.05, 4.69) is 26.3 Å². The summed E-state index contributed by atoms with van der Waals surface area (Å²) in [6, 6.07) is 7.40. The molecule has 3 rings (SSSR count). The van der Waals surface area contributed by atoms with Crippen molar-refractivity contribution in [2.45, 2.75) is 39.1 Å². The van der Waals surface area contributed by atoms with Crippen molar-refractivity contribution in [3.63, 3.8) is 0 Å². The molecule has 0 unspecified atom stereocenters. The van der Waals surface area contributed by atoms with Crippen molar-refractivity contribution in [3.8, 4) is 5.75 Å². The molecule has 152 valence electrons. The van der Waals surface area contributed by atoms with Crippen LogP contribution in [-0.4, -0.2) is 31.3 Å². The lowest BCUT2D eigenvalue weighted by Crippen LogP contribution is -2.06. The van der Waals surface area contributed by atoms with Gasteiger partial charge in [-0.15, -0.1) is 11.7 Å². The molecule has 0 spiro atoms. The van der Waals surface area contributed by atoms with E-state index in [4.69, 9.17) is 16.3 Å². The van der Waals surface area contributed by atoms with Gasteiger partial charge in [0.2, 0.25) is 5.16 Å². The van der Waals surface area contributed by atoms with Crippen LogP contribution in [0.4, 0.5) is 0 Å². The second kappa shape index (κ2) is 9.33. The predicted molar refractivity (Wildman–Crippen MR) is 116 cm³/mol. The zero-order valence-corrected chi connectivity index (χ0v) is 18.2. The quantitative estimate of drug-likeness (QED) is 0.296. The number of Topliss-reactive ketones (excluding diaryl/α,β-unsaturated/α-hetero) is 1. The van der Waals surface area contributed by atoms with Gasteiger partial charge in [-0.25, -0.2) is 4.98 Å². The van der Waals surface area contributed by atoms with E-state index < -0.39 is 0 Å². The molecule has 0 bridgehead atoms. The molecule has 0 saturated heterocycles. The van der Waals surface area contributed by atoms with Crippen LogP contribution >= 0.6 is 23.4 Å². The molecule has 0 aliphatic rings. The second-order valence-electron chi connectivity index (χ2n) is 6.66. The molecule has 6 nitrogen and oxygen atoms in total. The van der Waals surface area contributed by atoms with Crippen LogP contribution in [0.2, 0.25) is 5.02 Å². The molecule has 1 aromatic carbocycles. The van der Waals surface area contributed by atoms with Crippen molar-refractivity contribution in [2.75, 3.05) is 5.75 Å². The first-order chi connectivity index (χ1) is 13.9. The number of carbonyl (C=O) groups excluding carboxylic acids is 1. The minimum absolute atomic E-state index is 0.0534. The highest BCUT2D eigenvalue weighted by Gasteiger charge is 2.16. The Labute approximate surface area is 179 Å². The molecule has 8 heteroatoms. The average molecular weight is 431 g/mol. The van der Waals surface area contributed by atoms with E-state index in [1.165, 1.54) is 11.8 Å². The van der Waals surface area contributed by atoms with Gasteiger partial charge in [0.05, 0.1) is 5.75 Å². The molecule has 3 aromatic rings. The van der Waals surface area contributed by atoms with Gasteiger partial charge in [0, 0.05) is 28.5 Å². The van der Waals surface area contributed by atoms with Gasteiger partial charge < -0.3 is 9.30 Å². The summed E-state index contributed by atoms with van der Waals surface area (Å²) in [5.74, 6) is 1.63. The van der Waals surface area contributed by atoms with Crippen molar-refractivity contribution in [1.29, 1.82) is 0 Å². The number of allylic oxidation sites excluding steroid dienone is 1. The molecule has 2 heterocycles. The van der Waals surface area contributed by atoms with Crippen molar-refractivity contribution in [3.05, 3.63) is 70.3 Å². The lowest BCUT2D eigenvalue weighted by atomic mass is 10.2. The number of halogens is 1. The lowest BCUT2D eigenvalue weighted by Gasteiger charge is -2.06. The number of rotatable bonds is 9. The number of ketones is 1. The predicted octanol–water partition coefficient (Wildman–Crippen LogP) is 4.92. The Morgan fingerprint density at radius 1 is 1.34 bits per heavy atom. The molecule has 0 aliphatic carbocycles. The number of carbonyl (C=O) groups is 1. The number of aryl methyl sites for hydroxylation is 2. The van der Waals surface area contributed by atoms with Crippen LogP contribution in [0.3, 0.4) is 0 Å². The zero-order valence-electron chi connectivity index (χ0n) is 16.7. The highest BCUT2D eigenvalue weighted by Crippen LogP contribution is 2.22. The highest BCUT2D eigenvalue weighted by molar-refractivity contribution is 7.99. The summed E-state index contributed by atoms with van der Waals surface area (Å²) < 4.78 is 7.79. The van der Waals surface area contributed by atoms with Gasteiger partial charge in [0.1, 0.15) is 12.4 Å². The van der Waals surface area contributed by atoms with E-state index in [1.54, 1.807) is 6.07 Å². The zero-order chi connectivity index (χ0) is 21.0. The molecule has 29 heavy (non-hydrogen) atoms. The fourth-order valence-corrected chi connectivity index (χ4v) is 3.79. The lowest BCUT2D eigenvalue weighted by molar-refractivity contribution is 0.102. The standard InChI is InChI=1S/C21H23ClN4O2S/c1-5-8-26-14(3)10-17(15(26)4)19(27)12-29-21-23-20(24-25-21)11-28-16-6-7-18(22)13(2)9-16/h5-7,9-10H,1,8,11-12H2,2-4H3,(H,23,24,25). The van der Waals surface area contributed by atoms with Gasteiger partial charge in [-0.05, 0) is 50.6 Å². The van der Waals surface area contributed by atoms with E-state index in [0.29, 0.717) is 28.3 Å². The Kier molecular flexibility index (Phi) is 6.82. The van der Waals surface area contributed by atoms with Gasteiger partial charge in [-0.3, -0.25) is 9.89 Å². The van der Waals surface area contributed by atoms with Gasteiger partial charge in [-0.1, -0.05) is 29.4 Å². The molecule has 0 radical (unpaired) electrons. The van der Waals surface area contributed by atoms with Gasteiger partial charge in [0.15, 0.2) is 11.6 Å². The Morgan fingerprint density at radius 2 is 2.14 bits per heavy atom. The van der Waals surface area contributed by atoms with Crippen molar-refractivity contribution in [2.24, 2.45) is 0 Å². The molecule has 0 fully saturated rings. The van der Waals surface area contributed by atoms with Crippen LogP contribution in [0, 0.1) is 20.8 Å². The number of ether oxygens (including phenoxy) is 1. The third-order valence-electron chi connectivity index (χ3n) is 4.53. The first kappa shape index (κ1) is 21.2. The normalized spacial score (nSPS) is 10.9. The second-order valence-corrected chi connectivity index (χ2v) is 8.01. The first-order valence-corrected chi connectivity index (χ1v) is 10.5. The molecule has 0 amide bonds. The number of aromatic amines is 1. The van der Waals surface area contributed by atoms with Crippen LogP contribution in [0.15, 0.2) is 42.1 Å². The molecule has 0 saturated carbocycles. The van der Waals surface area contributed by atoms with E-state index in [9.17, 15) is 4.79 Å². The van der Waals surface area contributed by atoms with Crippen molar-refractivity contribution in [1.82, 2.24) is 19.7 Å². The largest absolute Gasteiger partial charge is 0.486 e. The summed E-state index contributed by atoms with van der Waals surface area (Å²) in [7, 11) is 0. The fourth-order valence-electron chi connectivity index (χ4n) is 2.97. The van der Waals surface area contributed by atoms with Crippen LogP contribution in [0.25, 0.3) is 0 Å². The monoisotopic (exact) mass is 430 g/mol. The highest BCUT2D eigenvalue weighted by atomic mass is 35.5. The number of aromatic nitrogens is 4. The average Bonchev–Trinajstić information content (AvgIpc) is 3.27. The minimum atomic E-state index is 0.0534. The third-order valence-corrected chi connectivity index (χ3v) is 5.81. The summed E-state index contributed by atoms with van der Waals surface area (Å²) >= 11 is 7.32. The van der Waals surface area contributed by atoms with Crippen LogP contribution in [-0.2, 0) is 13.2 Å². The maximum Gasteiger partial charge on any atom is 0.208 e. The summed E-state index contributed by atoms with van der Waals surface area (Å²) in [4.78, 5) is 17.0. The first-order valence-electron chi connectivity index (χ1n) is 9.13. The number of hydrogen-bond donors (Lipinski definition) is 1. The molecule has 0 atom stereocenters. The number of benzene rings is 1. The van der Waals surface area contributed by atoms with E-state index >= 15 is 0 Å². The van der Waals surface area contributed by atoms with E-state index in [-0.39, 0.29) is 18.1 Å². The number of nitrogens with zero attached hydrogens (tertiary/aromatic N) is 3. The molecular formula is C21H23ClN4O2S. The van der Waals surface area contributed by atoms with Crippen molar-refractivity contribution >= 4 is 29.1 Å². The number of H-pyrrole nitrogens is 1. The van der Waals surface area contributed by atoms with Crippen molar-refractivity contribution < 1.29 is 9.53 Å². The summed E-state index contributed by atoms with van der Waals surface area (Å²) in [5.41, 5.74) is 3.68. The Hall–Kier alpha value is -2.51.